The molecule has 3 aromatic rings. The predicted molar refractivity (Wildman–Crippen MR) is 81.9 cm³/mol. The topological polar surface area (TPSA) is 38.0 Å². The van der Waals surface area contributed by atoms with Crippen LogP contribution < -0.4 is 0 Å². The highest BCUT2D eigenvalue weighted by atomic mass is 19.1. The van der Waals surface area contributed by atoms with Gasteiger partial charge in [-0.25, -0.2) is 9.37 Å². The normalized spacial score (nSPS) is 11.5. The Labute approximate surface area is 122 Å². The average Bonchev–Trinajstić information content (AvgIpc) is 2.80. The second-order valence-electron chi connectivity index (χ2n) is 5.50. The second-order valence-corrected chi connectivity index (χ2v) is 5.50. The van der Waals surface area contributed by atoms with Crippen LogP contribution in [0.1, 0.15) is 25.5 Å². The number of para-hydroxylation sites is 1. The van der Waals surface area contributed by atoms with Crippen molar-refractivity contribution in [2.45, 2.75) is 26.8 Å². The van der Waals surface area contributed by atoms with Crippen LogP contribution in [0.15, 0.2) is 36.4 Å². The molecule has 2 aromatic carbocycles. The summed E-state index contributed by atoms with van der Waals surface area (Å²) in [6, 6.07) is 10.2. The molecule has 0 aliphatic carbocycles. The molecule has 108 valence electrons. The zero-order valence-electron chi connectivity index (χ0n) is 12.3. The Morgan fingerprint density at radius 3 is 2.67 bits per heavy atom. The molecule has 1 heterocycles. The minimum atomic E-state index is -0.288. The van der Waals surface area contributed by atoms with E-state index in [0.717, 1.165) is 16.6 Å². The molecule has 0 fully saturated rings. The number of aromatic hydroxyl groups is 1. The fourth-order valence-electron chi connectivity index (χ4n) is 2.62. The highest BCUT2D eigenvalue weighted by Gasteiger charge is 2.18. The fraction of sp³-hybridized carbons (Fsp3) is 0.235. The van der Waals surface area contributed by atoms with E-state index in [1.54, 1.807) is 6.07 Å². The smallest absolute Gasteiger partial charge is 0.145 e. The molecule has 3 nitrogen and oxygen atoms in total. The van der Waals surface area contributed by atoms with E-state index in [2.05, 4.69) is 4.98 Å². The van der Waals surface area contributed by atoms with Crippen molar-refractivity contribution in [2.75, 3.05) is 0 Å². The van der Waals surface area contributed by atoms with E-state index in [0.29, 0.717) is 11.4 Å². The first kappa shape index (κ1) is 13.6. The molecule has 0 atom stereocenters. The lowest BCUT2D eigenvalue weighted by Crippen LogP contribution is -2.03. The van der Waals surface area contributed by atoms with Crippen LogP contribution >= 0.6 is 0 Å². The van der Waals surface area contributed by atoms with Crippen LogP contribution in [0.25, 0.3) is 22.4 Å². The van der Waals surface area contributed by atoms with E-state index in [1.165, 1.54) is 12.1 Å². The molecule has 4 heteroatoms. The van der Waals surface area contributed by atoms with Gasteiger partial charge in [-0.3, -0.25) is 0 Å². The lowest BCUT2D eigenvalue weighted by Gasteiger charge is -2.14. The molecule has 1 N–H and O–H groups in total. The maximum atomic E-state index is 13.5. The van der Waals surface area contributed by atoms with Gasteiger partial charge in [0.1, 0.15) is 17.4 Å². The Bertz CT molecular complexity index is 821. The maximum Gasteiger partial charge on any atom is 0.145 e. The van der Waals surface area contributed by atoms with Gasteiger partial charge >= 0.3 is 0 Å². The lowest BCUT2D eigenvalue weighted by molar-refractivity contribution is 0.472. The van der Waals surface area contributed by atoms with Crippen molar-refractivity contribution in [3.63, 3.8) is 0 Å². The van der Waals surface area contributed by atoms with E-state index in [-0.39, 0.29) is 17.6 Å². The highest BCUT2D eigenvalue weighted by molar-refractivity contribution is 5.82. The third kappa shape index (κ3) is 2.17. The van der Waals surface area contributed by atoms with Crippen LogP contribution in [-0.4, -0.2) is 14.7 Å². The van der Waals surface area contributed by atoms with E-state index >= 15 is 0 Å². The van der Waals surface area contributed by atoms with E-state index in [9.17, 15) is 9.50 Å². The SMILES string of the molecule is Cc1cccc(-c2nc3ccc(F)cc3n2C(C)C)c1O. The summed E-state index contributed by atoms with van der Waals surface area (Å²) in [5.74, 6) is 0.589. The first-order chi connectivity index (χ1) is 9.99. The summed E-state index contributed by atoms with van der Waals surface area (Å²) in [6.07, 6.45) is 0. The number of aromatic nitrogens is 2. The van der Waals surface area contributed by atoms with Gasteiger partial charge in [0.15, 0.2) is 0 Å². The molecule has 1 aromatic heterocycles. The molecule has 0 saturated heterocycles. The van der Waals surface area contributed by atoms with Crippen molar-refractivity contribution in [1.82, 2.24) is 9.55 Å². The predicted octanol–water partition coefficient (Wildman–Crippen LogP) is 4.44. The van der Waals surface area contributed by atoms with Crippen molar-refractivity contribution in [1.29, 1.82) is 0 Å². The maximum absolute atomic E-state index is 13.5. The molecule has 0 aliphatic rings. The summed E-state index contributed by atoms with van der Waals surface area (Å²) in [7, 11) is 0. The molecule has 21 heavy (non-hydrogen) atoms. The summed E-state index contributed by atoms with van der Waals surface area (Å²) < 4.78 is 15.5. The van der Waals surface area contributed by atoms with E-state index in [1.807, 2.05) is 43.5 Å². The van der Waals surface area contributed by atoms with Crippen LogP contribution in [0.4, 0.5) is 4.39 Å². The number of phenols is 1. The number of hydrogen-bond donors (Lipinski definition) is 1. The number of phenolic OH excluding ortho intramolecular Hbond substituents is 1. The zero-order valence-corrected chi connectivity index (χ0v) is 12.3. The van der Waals surface area contributed by atoms with Crippen molar-refractivity contribution in [3.05, 3.63) is 47.8 Å². The summed E-state index contributed by atoms with van der Waals surface area (Å²) in [5, 5.41) is 10.3. The molecule has 0 aliphatic heterocycles. The number of halogens is 1. The van der Waals surface area contributed by atoms with Crippen molar-refractivity contribution < 1.29 is 9.50 Å². The number of imidazole rings is 1. The zero-order chi connectivity index (χ0) is 15.1. The Kier molecular flexibility index (Phi) is 3.16. The van der Waals surface area contributed by atoms with Gasteiger partial charge in [0, 0.05) is 6.04 Å². The van der Waals surface area contributed by atoms with Gasteiger partial charge in [-0.05, 0) is 50.6 Å². The van der Waals surface area contributed by atoms with E-state index in [4.69, 9.17) is 0 Å². The van der Waals surface area contributed by atoms with Gasteiger partial charge in [0.25, 0.3) is 0 Å². The number of nitrogens with zero attached hydrogens (tertiary/aromatic N) is 2. The van der Waals surface area contributed by atoms with Crippen LogP contribution in [0.2, 0.25) is 0 Å². The molecular weight excluding hydrogens is 267 g/mol. The van der Waals surface area contributed by atoms with Gasteiger partial charge in [-0.15, -0.1) is 0 Å². The monoisotopic (exact) mass is 284 g/mol. The van der Waals surface area contributed by atoms with Crippen molar-refractivity contribution in [2.24, 2.45) is 0 Å². The highest BCUT2D eigenvalue weighted by Crippen LogP contribution is 2.35. The largest absolute Gasteiger partial charge is 0.507 e. The Morgan fingerprint density at radius 1 is 1.19 bits per heavy atom. The number of aryl methyl sites for hydroxylation is 1. The standard InChI is InChI=1S/C17H17FN2O/c1-10(2)20-15-9-12(18)7-8-14(15)19-17(20)13-6-4-5-11(3)16(13)21/h4-10,21H,1-3H3. The first-order valence-corrected chi connectivity index (χ1v) is 6.95. The summed E-state index contributed by atoms with van der Waals surface area (Å²) in [5.41, 5.74) is 2.92. The minimum Gasteiger partial charge on any atom is -0.507 e. The summed E-state index contributed by atoms with van der Waals surface area (Å²) in [4.78, 5) is 4.58. The third-order valence-corrected chi connectivity index (χ3v) is 3.65. The molecule has 0 bridgehead atoms. The number of benzene rings is 2. The third-order valence-electron chi connectivity index (χ3n) is 3.65. The number of fused-ring (bicyclic) bond motifs is 1. The Balaban J connectivity index is 2.37. The van der Waals surface area contributed by atoms with Gasteiger partial charge < -0.3 is 9.67 Å². The Hall–Kier alpha value is -2.36. The average molecular weight is 284 g/mol. The van der Waals surface area contributed by atoms with Gasteiger partial charge in [0.2, 0.25) is 0 Å². The van der Waals surface area contributed by atoms with Crippen LogP contribution in [-0.2, 0) is 0 Å². The van der Waals surface area contributed by atoms with Gasteiger partial charge in [0.05, 0.1) is 16.6 Å². The molecule has 0 saturated carbocycles. The fourth-order valence-corrected chi connectivity index (χ4v) is 2.62. The molecule has 0 unspecified atom stereocenters. The summed E-state index contributed by atoms with van der Waals surface area (Å²) in [6.45, 7) is 5.88. The lowest BCUT2D eigenvalue weighted by atomic mass is 10.1. The van der Waals surface area contributed by atoms with Gasteiger partial charge in [-0.2, -0.15) is 0 Å². The van der Waals surface area contributed by atoms with Gasteiger partial charge in [-0.1, -0.05) is 12.1 Å². The minimum absolute atomic E-state index is 0.103. The second kappa shape index (κ2) is 4.88. The Morgan fingerprint density at radius 2 is 1.95 bits per heavy atom. The van der Waals surface area contributed by atoms with Crippen molar-refractivity contribution in [3.8, 4) is 17.1 Å². The van der Waals surface area contributed by atoms with Crippen LogP contribution in [0.5, 0.6) is 5.75 Å². The van der Waals surface area contributed by atoms with E-state index < -0.39 is 0 Å². The molecule has 0 spiro atoms. The first-order valence-electron chi connectivity index (χ1n) is 6.95. The number of hydrogen-bond acceptors (Lipinski definition) is 2. The van der Waals surface area contributed by atoms with Crippen LogP contribution in [0.3, 0.4) is 0 Å². The van der Waals surface area contributed by atoms with Crippen LogP contribution in [0, 0.1) is 12.7 Å². The number of rotatable bonds is 2. The molecular formula is C17H17FN2O. The molecule has 0 radical (unpaired) electrons. The summed E-state index contributed by atoms with van der Waals surface area (Å²) >= 11 is 0. The molecule has 3 rings (SSSR count). The quantitative estimate of drug-likeness (QED) is 0.755. The molecule has 0 amide bonds. The van der Waals surface area contributed by atoms with Crippen molar-refractivity contribution >= 4 is 11.0 Å².